The van der Waals surface area contributed by atoms with Gasteiger partial charge in [0.25, 0.3) is 0 Å². The zero-order chi connectivity index (χ0) is 13.3. The Morgan fingerprint density at radius 3 is 2.06 bits per heavy atom. The first-order chi connectivity index (χ1) is 7.58. The van der Waals surface area contributed by atoms with Crippen LogP contribution in [0.25, 0.3) is 0 Å². The molecule has 0 N–H and O–H groups in total. The van der Waals surface area contributed by atoms with E-state index >= 15 is 0 Å². The van der Waals surface area contributed by atoms with Gasteiger partial charge in [-0.1, -0.05) is 0 Å². The smallest absolute Gasteiger partial charge is 0.353 e. The van der Waals surface area contributed by atoms with Gasteiger partial charge in [0, 0.05) is 13.0 Å². The summed E-state index contributed by atoms with van der Waals surface area (Å²) in [6.45, 7) is -1.84. The van der Waals surface area contributed by atoms with Crippen LogP contribution in [0.3, 0.4) is 0 Å². The molecular formula is C8H9F7O2. The van der Waals surface area contributed by atoms with Crippen molar-refractivity contribution in [2.45, 2.75) is 37.2 Å². The molecule has 0 aromatic heterocycles. The highest BCUT2D eigenvalue weighted by atomic mass is 19.4. The lowest BCUT2D eigenvalue weighted by atomic mass is 10.2. The van der Waals surface area contributed by atoms with Gasteiger partial charge in [0.1, 0.15) is 6.61 Å². The van der Waals surface area contributed by atoms with Gasteiger partial charge in [0.05, 0.1) is 0 Å². The first kappa shape index (κ1) is 14.5. The molecule has 0 radical (unpaired) electrons. The van der Waals surface area contributed by atoms with Crippen LogP contribution in [0.15, 0.2) is 0 Å². The maximum Gasteiger partial charge on any atom is 0.459 e. The molecule has 1 rings (SSSR count). The van der Waals surface area contributed by atoms with E-state index in [0.29, 0.717) is 6.42 Å². The van der Waals surface area contributed by atoms with Crippen LogP contribution < -0.4 is 0 Å². The molecule has 9 heteroatoms. The van der Waals surface area contributed by atoms with Crippen LogP contribution in [0.5, 0.6) is 0 Å². The zero-order valence-electron chi connectivity index (χ0n) is 8.37. The third-order valence-electron chi connectivity index (χ3n) is 2.15. The van der Waals surface area contributed by atoms with Gasteiger partial charge in [-0.15, -0.1) is 0 Å². The van der Waals surface area contributed by atoms with Gasteiger partial charge in [-0.25, -0.2) is 0 Å². The Hall–Kier alpha value is -0.570. The van der Waals surface area contributed by atoms with Gasteiger partial charge in [-0.3, -0.25) is 0 Å². The lowest BCUT2D eigenvalue weighted by Crippen LogP contribution is -2.54. The highest BCUT2D eigenvalue weighted by Crippen LogP contribution is 2.46. The van der Waals surface area contributed by atoms with Gasteiger partial charge in [0.2, 0.25) is 0 Å². The molecular weight excluding hydrogens is 261 g/mol. The topological polar surface area (TPSA) is 18.5 Å². The summed E-state index contributed by atoms with van der Waals surface area (Å²) in [7, 11) is 0. The molecule has 0 bridgehead atoms. The third kappa shape index (κ3) is 3.01. The molecule has 1 saturated heterocycles. The van der Waals surface area contributed by atoms with Crippen LogP contribution >= 0.6 is 0 Å². The van der Waals surface area contributed by atoms with E-state index in [9.17, 15) is 30.7 Å². The lowest BCUT2D eigenvalue weighted by molar-refractivity contribution is -0.365. The maximum absolute atomic E-state index is 12.7. The Labute approximate surface area is 91.7 Å². The molecule has 0 amide bonds. The van der Waals surface area contributed by atoms with E-state index in [1.807, 2.05) is 0 Å². The highest BCUT2D eigenvalue weighted by Gasteiger charge is 2.73. The van der Waals surface area contributed by atoms with E-state index in [0.717, 1.165) is 0 Å². The fourth-order valence-electron chi connectivity index (χ4n) is 1.18. The summed E-state index contributed by atoms with van der Waals surface area (Å²) in [4.78, 5) is 0. The first-order valence-electron chi connectivity index (χ1n) is 4.63. The number of rotatable bonds is 4. The number of ether oxygens (including phenoxy) is 2. The predicted molar refractivity (Wildman–Crippen MR) is 40.9 cm³/mol. The maximum atomic E-state index is 12.7. The largest absolute Gasteiger partial charge is 0.459 e. The molecule has 0 spiro atoms. The zero-order valence-corrected chi connectivity index (χ0v) is 8.37. The second-order valence-corrected chi connectivity index (χ2v) is 3.53. The summed E-state index contributed by atoms with van der Waals surface area (Å²) in [5.41, 5.74) is 0. The number of alkyl halides is 7. The van der Waals surface area contributed by atoms with E-state index in [-0.39, 0.29) is 13.0 Å². The molecule has 1 aliphatic rings. The van der Waals surface area contributed by atoms with Crippen molar-refractivity contribution in [3.63, 3.8) is 0 Å². The summed E-state index contributed by atoms with van der Waals surface area (Å²) in [6, 6.07) is 0. The molecule has 1 fully saturated rings. The van der Waals surface area contributed by atoms with Crippen molar-refractivity contribution in [2.24, 2.45) is 0 Å². The van der Waals surface area contributed by atoms with Crippen molar-refractivity contribution in [3.05, 3.63) is 0 Å². The molecule has 0 saturated carbocycles. The van der Waals surface area contributed by atoms with Gasteiger partial charge < -0.3 is 9.47 Å². The van der Waals surface area contributed by atoms with Crippen LogP contribution in [-0.2, 0) is 9.47 Å². The monoisotopic (exact) mass is 270 g/mol. The van der Waals surface area contributed by atoms with Crippen LogP contribution in [0, 0.1) is 0 Å². The van der Waals surface area contributed by atoms with E-state index in [2.05, 4.69) is 9.47 Å². The Morgan fingerprint density at radius 1 is 1.06 bits per heavy atom. The second-order valence-electron chi connectivity index (χ2n) is 3.53. The highest BCUT2D eigenvalue weighted by molar-refractivity contribution is 4.91. The van der Waals surface area contributed by atoms with Gasteiger partial charge in [0.15, 0.2) is 6.29 Å². The van der Waals surface area contributed by atoms with Crippen molar-refractivity contribution in [1.82, 2.24) is 0 Å². The molecule has 17 heavy (non-hydrogen) atoms. The Balaban J connectivity index is 2.60. The first-order valence-corrected chi connectivity index (χ1v) is 4.63. The minimum Gasteiger partial charge on any atom is -0.353 e. The normalized spacial score (nSPS) is 23.1. The molecule has 0 aromatic rings. The molecule has 2 nitrogen and oxygen atoms in total. The van der Waals surface area contributed by atoms with E-state index in [1.54, 1.807) is 0 Å². The Kier molecular flexibility index (Phi) is 3.92. The summed E-state index contributed by atoms with van der Waals surface area (Å²) < 4.78 is 94.2. The number of halogens is 7. The van der Waals surface area contributed by atoms with Gasteiger partial charge >= 0.3 is 18.0 Å². The van der Waals surface area contributed by atoms with Crippen molar-refractivity contribution >= 4 is 0 Å². The number of hydrogen-bond donors (Lipinski definition) is 0. The SMILES string of the molecule is FC(F)(F)C(F)(F)C(F)(F)COC1CCCO1. The Morgan fingerprint density at radius 2 is 1.65 bits per heavy atom. The van der Waals surface area contributed by atoms with Crippen LogP contribution in [-0.4, -0.2) is 37.5 Å². The van der Waals surface area contributed by atoms with Gasteiger partial charge in [-0.2, -0.15) is 30.7 Å². The second kappa shape index (κ2) is 4.60. The lowest BCUT2D eigenvalue weighted by Gasteiger charge is -2.28. The van der Waals surface area contributed by atoms with Crippen molar-refractivity contribution < 1.29 is 40.2 Å². The molecule has 0 aromatic carbocycles. The van der Waals surface area contributed by atoms with Crippen molar-refractivity contribution in [2.75, 3.05) is 13.2 Å². The molecule has 1 aliphatic heterocycles. The van der Waals surface area contributed by atoms with Crippen LogP contribution in [0.1, 0.15) is 12.8 Å². The molecule has 1 unspecified atom stereocenters. The molecule has 1 heterocycles. The Bertz CT molecular complexity index is 257. The fourth-order valence-corrected chi connectivity index (χ4v) is 1.18. The molecule has 102 valence electrons. The third-order valence-corrected chi connectivity index (χ3v) is 2.15. The minimum atomic E-state index is -6.32. The summed E-state index contributed by atoms with van der Waals surface area (Å²) in [5.74, 6) is -11.4. The standard InChI is InChI=1S/C8H9F7O2/c9-6(10,7(11,12)8(13,14)15)4-17-5-2-1-3-16-5/h5H,1-4H2. The van der Waals surface area contributed by atoms with Gasteiger partial charge in [-0.05, 0) is 6.42 Å². The van der Waals surface area contributed by atoms with Crippen molar-refractivity contribution in [1.29, 1.82) is 0 Å². The van der Waals surface area contributed by atoms with E-state index < -0.39 is 30.9 Å². The number of hydrogen-bond acceptors (Lipinski definition) is 2. The minimum absolute atomic E-state index is 0.188. The molecule has 0 aliphatic carbocycles. The summed E-state index contributed by atoms with van der Waals surface area (Å²) in [5, 5.41) is 0. The van der Waals surface area contributed by atoms with Crippen molar-refractivity contribution in [3.8, 4) is 0 Å². The average molecular weight is 270 g/mol. The predicted octanol–water partition coefficient (Wildman–Crippen LogP) is 2.97. The van der Waals surface area contributed by atoms with E-state index in [1.165, 1.54) is 0 Å². The molecule has 1 atom stereocenters. The van der Waals surface area contributed by atoms with Crippen LogP contribution in [0.2, 0.25) is 0 Å². The fraction of sp³-hybridized carbons (Fsp3) is 1.00. The quantitative estimate of drug-likeness (QED) is 0.731. The summed E-state index contributed by atoms with van der Waals surface area (Å²) >= 11 is 0. The van der Waals surface area contributed by atoms with Crippen LogP contribution in [0.4, 0.5) is 30.7 Å². The van der Waals surface area contributed by atoms with E-state index in [4.69, 9.17) is 0 Å². The summed E-state index contributed by atoms with van der Waals surface area (Å²) in [6.07, 6.45) is -6.81. The average Bonchev–Trinajstić information content (AvgIpc) is 2.65.